The fourth-order valence-corrected chi connectivity index (χ4v) is 0.682. The van der Waals surface area contributed by atoms with Gasteiger partial charge in [0.15, 0.2) is 0 Å². The summed E-state index contributed by atoms with van der Waals surface area (Å²) in [6.07, 6.45) is 0. The van der Waals surface area contributed by atoms with Gasteiger partial charge in [-0.1, -0.05) is 0 Å². The molecule has 0 rings (SSSR count). The minimum absolute atomic E-state index is 0. The fourth-order valence-electron chi connectivity index (χ4n) is 0.0833. The molecule has 0 aliphatic rings. The van der Waals surface area contributed by atoms with E-state index >= 15 is 0 Å². The molecule has 0 fully saturated rings. The summed E-state index contributed by atoms with van der Waals surface area (Å²) in [4.78, 5) is 0. The predicted molar refractivity (Wildman–Crippen MR) is 34.7 cm³/mol. The van der Waals surface area contributed by atoms with Gasteiger partial charge in [-0.15, -0.1) is 34.0 Å². The van der Waals surface area contributed by atoms with Crippen LogP contribution >= 0.6 is 34.0 Å². The van der Waals surface area contributed by atoms with Gasteiger partial charge in [-0.3, -0.25) is 0 Å². The molecule has 2 nitrogen and oxygen atoms in total. The second-order valence-corrected chi connectivity index (χ2v) is 4.02. The van der Waals surface area contributed by atoms with Crippen molar-refractivity contribution in [1.29, 1.82) is 0 Å². The molecule has 0 atom stereocenters. The molecule has 0 aromatic carbocycles. The molecule has 0 aromatic rings. The third-order valence-corrected chi connectivity index (χ3v) is 1.36. The number of hydrogen-bond acceptors (Lipinski definition) is 2. The van der Waals surface area contributed by atoms with E-state index in [0.717, 1.165) is 0 Å². The first kappa shape index (κ1) is 15.9. The molecule has 5 heteroatoms. The van der Waals surface area contributed by atoms with E-state index in [9.17, 15) is 0 Å². The first-order valence-corrected chi connectivity index (χ1v) is 4.16. The first-order valence-electron chi connectivity index (χ1n) is 1.22. The van der Waals surface area contributed by atoms with Crippen LogP contribution in [-0.2, 0) is 29.5 Å². The Bertz CT molecular complexity index is 21.2. The van der Waals surface area contributed by atoms with Crippen molar-refractivity contribution in [2.45, 2.75) is 0 Å². The zero-order valence-electron chi connectivity index (χ0n) is 4.13. The van der Waals surface area contributed by atoms with Crippen LogP contribution in [0.4, 0.5) is 0 Å². The van der Waals surface area contributed by atoms with Crippen LogP contribution in [0.1, 0.15) is 0 Å². The minimum atomic E-state index is -0.951. The van der Waals surface area contributed by atoms with Crippen molar-refractivity contribution in [2.24, 2.45) is 0 Å². The van der Waals surface area contributed by atoms with Crippen LogP contribution in [0, 0.1) is 0 Å². The normalized spacial score (nSPS) is 5.43. The Balaban J connectivity index is -0.0000000800. The molecule has 0 radical (unpaired) electrons. The van der Waals surface area contributed by atoms with Crippen LogP contribution in [0.2, 0.25) is 0 Å². The molecule has 0 aliphatic carbocycles. The van der Waals surface area contributed by atoms with Crippen LogP contribution in [-0.4, -0.2) is 14.2 Å². The van der Waals surface area contributed by atoms with Crippen LogP contribution in [0.3, 0.4) is 0 Å². The summed E-state index contributed by atoms with van der Waals surface area (Å²) in [5.41, 5.74) is 0. The molecule has 0 unspecified atom stereocenters. The van der Waals surface area contributed by atoms with Crippen molar-refractivity contribution in [1.82, 2.24) is 0 Å². The summed E-state index contributed by atoms with van der Waals surface area (Å²) >= 11 is -0.951. The van der Waals surface area contributed by atoms with E-state index in [4.69, 9.17) is 0 Å². The molecule has 0 saturated carbocycles. The van der Waals surface area contributed by atoms with E-state index in [1.807, 2.05) is 0 Å². The first-order chi connectivity index (χ1) is 2.41. The summed E-state index contributed by atoms with van der Waals surface area (Å²) in [6.45, 7) is 0. The number of rotatable bonds is 2. The summed E-state index contributed by atoms with van der Waals surface area (Å²) in [5, 5.41) is 0. The van der Waals surface area contributed by atoms with Gasteiger partial charge in [0.1, 0.15) is 0 Å². The molecule has 0 bridgehead atoms. The standard InChI is InChI=1S/2CH3O.2BrH.Hf/c2*1-2;;;/h2*1H3;2*1H;/q2*-1;;;+2. The van der Waals surface area contributed by atoms with Crippen LogP contribution in [0.25, 0.3) is 0 Å². The van der Waals surface area contributed by atoms with Crippen molar-refractivity contribution in [3.63, 3.8) is 0 Å². The predicted octanol–water partition coefficient (Wildman–Crippen LogP) is 1.35. The third-order valence-electron chi connectivity index (χ3n) is 0.167. The molecule has 0 spiro atoms. The molecule has 0 amide bonds. The third kappa shape index (κ3) is 18.2. The van der Waals surface area contributed by atoms with Gasteiger partial charge in [-0.2, -0.15) is 0 Å². The van der Waals surface area contributed by atoms with Crippen molar-refractivity contribution >= 4 is 34.0 Å². The van der Waals surface area contributed by atoms with Gasteiger partial charge in [-0.25, -0.2) is 0 Å². The van der Waals surface area contributed by atoms with E-state index in [-0.39, 0.29) is 34.0 Å². The van der Waals surface area contributed by atoms with Crippen molar-refractivity contribution in [2.75, 3.05) is 14.2 Å². The Kier molecular flexibility index (Phi) is 35.5. The monoisotopic (exact) mass is 402 g/mol. The van der Waals surface area contributed by atoms with Gasteiger partial charge in [0, 0.05) is 0 Å². The maximum atomic E-state index is 4.66. The van der Waals surface area contributed by atoms with Gasteiger partial charge in [0.25, 0.3) is 0 Å². The van der Waals surface area contributed by atoms with E-state index in [1.165, 1.54) is 0 Å². The van der Waals surface area contributed by atoms with Crippen molar-refractivity contribution in [3.05, 3.63) is 0 Å². The summed E-state index contributed by atoms with van der Waals surface area (Å²) in [6, 6.07) is 0. The number of hydrogen-bond donors (Lipinski definition) is 0. The van der Waals surface area contributed by atoms with Crippen LogP contribution in [0.15, 0.2) is 0 Å². The Morgan fingerprint density at radius 3 is 1.29 bits per heavy atom. The SMILES string of the molecule is Br.Br.C[O][Hf][O]C. The summed E-state index contributed by atoms with van der Waals surface area (Å²) in [5.74, 6) is 0. The maximum absolute atomic E-state index is 4.66. The zero-order chi connectivity index (χ0) is 4.12. The van der Waals surface area contributed by atoms with E-state index in [2.05, 4.69) is 5.71 Å². The van der Waals surface area contributed by atoms with Gasteiger partial charge in [0.05, 0.1) is 0 Å². The second kappa shape index (κ2) is 15.7. The second-order valence-electron chi connectivity index (χ2n) is 0.492. The Morgan fingerprint density at radius 1 is 1.00 bits per heavy atom. The van der Waals surface area contributed by atoms with Crippen LogP contribution < -0.4 is 0 Å². The quantitative estimate of drug-likeness (QED) is 0.650. The molecule has 0 N–H and O–H groups in total. The van der Waals surface area contributed by atoms with E-state index in [0.29, 0.717) is 0 Å². The van der Waals surface area contributed by atoms with Gasteiger partial charge >= 0.3 is 43.7 Å². The Morgan fingerprint density at radius 2 is 1.29 bits per heavy atom. The summed E-state index contributed by atoms with van der Waals surface area (Å²) < 4.78 is 9.33. The van der Waals surface area contributed by atoms with Crippen LogP contribution in [0.5, 0.6) is 0 Å². The average Bonchev–Trinajstić information content (AvgIpc) is 1.41. The Labute approximate surface area is 77.1 Å². The molecular weight excluding hydrogens is 394 g/mol. The van der Waals surface area contributed by atoms with Gasteiger partial charge < -0.3 is 0 Å². The molecule has 0 aromatic heterocycles. The van der Waals surface area contributed by atoms with Gasteiger partial charge in [-0.05, 0) is 0 Å². The molecule has 0 heterocycles. The van der Waals surface area contributed by atoms with E-state index in [1.54, 1.807) is 14.2 Å². The average molecular weight is 402 g/mol. The molecule has 0 saturated heterocycles. The van der Waals surface area contributed by atoms with Crippen molar-refractivity contribution in [3.8, 4) is 0 Å². The molecule has 46 valence electrons. The zero-order valence-corrected chi connectivity index (χ0v) is 11.2. The number of halogens is 2. The molecule has 7 heavy (non-hydrogen) atoms. The Hall–Kier alpha value is 1.75. The van der Waals surface area contributed by atoms with Gasteiger partial charge in [0.2, 0.25) is 0 Å². The fraction of sp³-hybridized carbons (Fsp3) is 1.00. The topological polar surface area (TPSA) is 18.5 Å². The van der Waals surface area contributed by atoms with E-state index < -0.39 is 23.8 Å². The molecule has 0 aliphatic heterocycles. The summed E-state index contributed by atoms with van der Waals surface area (Å²) in [7, 11) is 3.35. The van der Waals surface area contributed by atoms with Crippen molar-refractivity contribution < 1.29 is 29.5 Å². The molecular formula is C2H8Br2HfO2.